The molecular formula is C18H20FN3O. The minimum Gasteiger partial charge on any atom is -0.328 e. The van der Waals surface area contributed by atoms with Gasteiger partial charge in [-0.3, -0.25) is 9.89 Å². The number of carbonyl (C=O) groups is 1. The maximum absolute atomic E-state index is 13.5. The van der Waals surface area contributed by atoms with Gasteiger partial charge in [0.05, 0.1) is 23.5 Å². The van der Waals surface area contributed by atoms with E-state index in [0.29, 0.717) is 23.4 Å². The summed E-state index contributed by atoms with van der Waals surface area (Å²) in [5.41, 5.74) is 1.68. The van der Waals surface area contributed by atoms with Crippen LogP contribution in [0.1, 0.15) is 36.5 Å². The molecule has 3 rings (SSSR count). The quantitative estimate of drug-likeness (QED) is 0.854. The Morgan fingerprint density at radius 3 is 3.13 bits per heavy atom. The molecule has 4 nitrogen and oxygen atoms in total. The molecule has 23 heavy (non-hydrogen) atoms. The summed E-state index contributed by atoms with van der Waals surface area (Å²) in [6.45, 7) is 2.75. The summed E-state index contributed by atoms with van der Waals surface area (Å²) >= 11 is 0. The highest BCUT2D eigenvalue weighted by atomic mass is 19.1. The van der Waals surface area contributed by atoms with Gasteiger partial charge in [-0.25, -0.2) is 4.39 Å². The van der Waals surface area contributed by atoms with Crippen molar-refractivity contribution in [2.75, 3.05) is 6.54 Å². The molecule has 0 saturated heterocycles. The Hall–Kier alpha value is -2.43. The normalized spacial score (nSPS) is 17.0. The van der Waals surface area contributed by atoms with Gasteiger partial charge >= 0.3 is 0 Å². The van der Waals surface area contributed by atoms with Crippen LogP contribution in [0.15, 0.2) is 42.6 Å². The summed E-state index contributed by atoms with van der Waals surface area (Å²) in [5.74, 6) is -0.400. The first-order valence-corrected chi connectivity index (χ1v) is 7.97. The molecule has 0 fully saturated rings. The summed E-state index contributed by atoms with van der Waals surface area (Å²) < 4.78 is 13.5. The largest absolute Gasteiger partial charge is 0.328 e. The fourth-order valence-electron chi connectivity index (χ4n) is 2.94. The number of hydrogen-bond acceptors (Lipinski definition) is 2. The van der Waals surface area contributed by atoms with Gasteiger partial charge in [0.15, 0.2) is 0 Å². The lowest BCUT2D eigenvalue weighted by atomic mass is 10.1. The van der Waals surface area contributed by atoms with Gasteiger partial charge in [0.1, 0.15) is 5.82 Å². The number of unbranched alkanes of at least 4 members (excludes halogenated alkanes) is 1. The first-order chi connectivity index (χ1) is 11.2. The van der Waals surface area contributed by atoms with Gasteiger partial charge in [0.2, 0.25) is 0 Å². The maximum atomic E-state index is 13.5. The van der Waals surface area contributed by atoms with E-state index in [1.165, 1.54) is 18.3 Å². The van der Waals surface area contributed by atoms with E-state index in [2.05, 4.69) is 23.2 Å². The highest BCUT2D eigenvalue weighted by Gasteiger charge is 2.28. The predicted molar refractivity (Wildman–Crippen MR) is 87.5 cm³/mol. The van der Waals surface area contributed by atoms with Crippen molar-refractivity contribution in [3.63, 3.8) is 0 Å². The third kappa shape index (κ3) is 3.18. The summed E-state index contributed by atoms with van der Waals surface area (Å²) in [6.07, 6.45) is 8.80. The third-order valence-corrected chi connectivity index (χ3v) is 4.16. The molecule has 0 aliphatic carbocycles. The third-order valence-electron chi connectivity index (χ3n) is 4.16. The van der Waals surface area contributed by atoms with E-state index in [4.69, 9.17) is 0 Å². The Morgan fingerprint density at radius 2 is 2.35 bits per heavy atom. The average molecular weight is 313 g/mol. The van der Waals surface area contributed by atoms with Gasteiger partial charge in [-0.1, -0.05) is 44.1 Å². The lowest BCUT2D eigenvalue weighted by Gasteiger charge is -2.24. The first kappa shape index (κ1) is 15.5. The van der Waals surface area contributed by atoms with E-state index in [1.54, 1.807) is 12.1 Å². The molecular weight excluding hydrogens is 293 g/mol. The van der Waals surface area contributed by atoms with Crippen LogP contribution in [-0.2, 0) is 0 Å². The monoisotopic (exact) mass is 313 g/mol. The van der Waals surface area contributed by atoms with Crippen molar-refractivity contribution in [1.29, 1.82) is 0 Å². The SMILES string of the molecule is CCCC[C@H]1C=CCN1C(=O)c1cn[nH]c1-c1cccc(F)c1. The molecule has 1 aromatic heterocycles. The molecule has 0 spiro atoms. The number of aromatic nitrogens is 2. The molecule has 1 atom stereocenters. The molecule has 1 aliphatic rings. The van der Waals surface area contributed by atoms with Crippen molar-refractivity contribution < 1.29 is 9.18 Å². The number of amides is 1. The fourth-order valence-corrected chi connectivity index (χ4v) is 2.94. The highest BCUT2D eigenvalue weighted by Crippen LogP contribution is 2.25. The molecule has 5 heteroatoms. The number of nitrogens with one attached hydrogen (secondary N) is 1. The lowest BCUT2D eigenvalue weighted by molar-refractivity contribution is 0.0744. The van der Waals surface area contributed by atoms with Gasteiger partial charge in [-0.2, -0.15) is 5.10 Å². The molecule has 0 radical (unpaired) electrons. The smallest absolute Gasteiger partial charge is 0.258 e. The minimum absolute atomic E-state index is 0.0656. The second-order valence-electron chi connectivity index (χ2n) is 5.76. The zero-order valence-corrected chi connectivity index (χ0v) is 13.1. The summed E-state index contributed by atoms with van der Waals surface area (Å²) in [6, 6.07) is 6.32. The van der Waals surface area contributed by atoms with Crippen LogP contribution in [0, 0.1) is 5.82 Å². The van der Waals surface area contributed by atoms with E-state index in [9.17, 15) is 9.18 Å². The Morgan fingerprint density at radius 1 is 1.48 bits per heavy atom. The molecule has 1 aromatic carbocycles. The number of carbonyl (C=O) groups excluding carboxylic acids is 1. The molecule has 120 valence electrons. The standard InChI is InChI=1S/C18H20FN3O/c1-2-3-8-15-9-5-10-22(15)18(23)16-12-20-21-17(16)13-6-4-7-14(19)11-13/h4-7,9,11-12,15H,2-3,8,10H2,1H3,(H,20,21)/t15-/m0/s1. The zero-order valence-electron chi connectivity index (χ0n) is 13.1. The van der Waals surface area contributed by atoms with E-state index in [-0.39, 0.29) is 17.8 Å². The van der Waals surface area contributed by atoms with E-state index in [1.807, 2.05) is 11.0 Å². The van der Waals surface area contributed by atoms with Gasteiger partial charge < -0.3 is 4.90 Å². The molecule has 1 amide bonds. The van der Waals surface area contributed by atoms with Crippen molar-refractivity contribution in [3.8, 4) is 11.3 Å². The van der Waals surface area contributed by atoms with E-state index < -0.39 is 0 Å². The van der Waals surface area contributed by atoms with Gasteiger partial charge in [0.25, 0.3) is 5.91 Å². The second-order valence-corrected chi connectivity index (χ2v) is 5.76. The van der Waals surface area contributed by atoms with Crippen molar-refractivity contribution in [1.82, 2.24) is 15.1 Å². The van der Waals surface area contributed by atoms with E-state index in [0.717, 1.165) is 19.3 Å². The number of hydrogen-bond donors (Lipinski definition) is 1. The number of halogens is 1. The summed E-state index contributed by atoms with van der Waals surface area (Å²) in [4.78, 5) is 14.7. The number of nitrogens with zero attached hydrogens (tertiary/aromatic N) is 2. The Kier molecular flexibility index (Phi) is 4.55. The van der Waals surface area contributed by atoms with Crippen LogP contribution >= 0.6 is 0 Å². The minimum atomic E-state index is -0.334. The van der Waals surface area contributed by atoms with Crippen LogP contribution < -0.4 is 0 Å². The molecule has 0 bridgehead atoms. The van der Waals surface area contributed by atoms with Crippen LogP contribution in [0.5, 0.6) is 0 Å². The van der Waals surface area contributed by atoms with Crippen LogP contribution in [-0.4, -0.2) is 33.6 Å². The maximum Gasteiger partial charge on any atom is 0.258 e. The molecule has 1 aliphatic heterocycles. The number of benzene rings is 1. The Balaban J connectivity index is 1.85. The van der Waals surface area contributed by atoms with Crippen LogP contribution in [0.4, 0.5) is 4.39 Å². The molecule has 0 unspecified atom stereocenters. The summed E-state index contributed by atoms with van der Waals surface area (Å²) in [7, 11) is 0. The Bertz CT molecular complexity index is 723. The average Bonchev–Trinajstić information content (AvgIpc) is 3.21. The van der Waals surface area contributed by atoms with Crippen molar-refractivity contribution in [2.24, 2.45) is 0 Å². The number of H-pyrrole nitrogens is 1. The molecule has 2 heterocycles. The number of rotatable bonds is 5. The fraction of sp³-hybridized carbons (Fsp3) is 0.333. The lowest BCUT2D eigenvalue weighted by Crippen LogP contribution is -2.36. The molecule has 2 aromatic rings. The van der Waals surface area contributed by atoms with Gasteiger partial charge in [-0.05, 0) is 18.6 Å². The first-order valence-electron chi connectivity index (χ1n) is 7.97. The van der Waals surface area contributed by atoms with Crippen LogP contribution in [0.3, 0.4) is 0 Å². The molecule has 1 N–H and O–H groups in total. The van der Waals surface area contributed by atoms with E-state index >= 15 is 0 Å². The van der Waals surface area contributed by atoms with Gasteiger partial charge in [-0.15, -0.1) is 0 Å². The predicted octanol–water partition coefficient (Wildman–Crippen LogP) is 3.79. The van der Waals surface area contributed by atoms with Crippen LogP contribution in [0.2, 0.25) is 0 Å². The zero-order chi connectivity index (χ0) is 16.2. The van der Waals surface area contributed by atoms with Crippen molar-refractivity contribution >= 4 is 5.91 Å². The second kappa shape index (κ2) is 6.77. The highest BCUT2D eigenvalue weighted by molar-refractivity contribution is 6.00. The topological polar surface area (TPSA) is 49.0 Å². The van der Waals surface area contributed by atoms with Gasteiger partial charge in [0, 0.05) is 12.1 Å². The Labute approximate surface area is 135 Å². The van der Waals surface area contributed by atoms with Crippen LogP contribution in [0.25, 0.3) is 11.3 Å². The summed E-state index contributed by atoms with van der Waals surface area (Å²) in [5, 5.41) is 6.82. The van der Waals surface area contributed by atoms with Crippen molar-refractivity contribution in [2.45, 2.75) is 32.2 Å². The number of aromatic amines is 1. The molecule has 0 saturated carbocycles. The van der Waals surface area contributed by atoms with Crippen molar-refractivity contribution in [3.05, 3.63) is 54.0 Å².